The highest BCUT2D eigenvalue weighted by Crippen LogP contribution is 2.76. The Morgan fingerprint density at radius 1 is 0.750 bits per heavy atom. The molecule has 0 bridgehead atoms. The van der Waals surface area contributed by atoms with E-state index in [-0.39, 0.29) is 46.0 Å². The second kappa shape index (κ2) is 15.9. The molecule has 14 nitrogen and oxygen atoms in total. The van der Waals surface area contributed by atoms with Crippen LogP contribution in [0.2, 0.25) is 0 Å². The third-order valence-electron chi connectivity index (χ3n) is 17.0. The highest BCUT2D eigenvalue weighted by molar-refractivity contribution is 5.20. The van der Waals surface area contributed by atoms with Gasteiger partial charge in [-0.2, -0.15) is 0 Å². The first-order valence-corrected chi connectivity index (χ1v) is 21.0. The second-order valence-corrected chi connectivity index (χ2v) is 20.2. The van der Waals surface area contributed by atoms with Gasteiger partial charge in [-0.3, -0.25) is 0 Å². The maximum atomic E-state index is 12.5. The molecule has 0 aromatic carbocycles. The zero-order valence-electron chi connectivity index (χ0n) is 34.4. The fraction of sp³-hybridized carbons (Fsp3) is 0.952. The van der Waals surface area contributed by atoms with Crippen LogP contribution in [0.4, 0.5) is 0 Å². The molecule has 324 valence electrons. The fourth-order valence-electron chi connectivity index (χ4n) is 13.4. The summed E-state index contributed by atoms with van der Waals surface area (Å²) >= 11 is 0. The second-order valence-electron chi connectivity index (χ2n) is 20.2. The average molecular weight is 801 g/mol. The summed E-state index contributed by atoms with van der Waals surface area (Å²) in [5, 5.41) is 107. The zero-order valence-corrected chi connectivity index (χ0v) is 34.4. The van der Waals surface area contributed by atoms with Gasteiger partial charge in [0.15, 0.2) is 12.6 Å². The Labute approximate surface area is 331 Å². The van der Waals surface area contributed by atoms with E-state index in [1.807, 2.05) is 6.92 Å². The van der Waals surface area contributed by atoms with E-state index in [1.165, 1.54) is 0 Å². The minimum atomic E-state index is -1.61. The number of hydrogen-bond acceptors (Lipinski definition) is 14. The summed E-state index contributed by atoms with van der Waals surface area (Å²) in [5.74, 6) is -0.0991. The third kappa shape index (κ3) is 7.06. The van der Waals surface area contributed by atoms with Crippen LogP contribution >= 0.6 is 0 Å². The van der Waals surface area contributed by atoms with Gasteiger partial charge in [0.1, 0.15) is 48.8 Å². The van der Waals surface area contributed by atoms with Gasteiger partial charge in [0.25, 0.3) is 0 Å². The van der Waals surface area contributed by atoms with Crippen LogP contribution < -0.4 is 0 Å². The van der Waals surface area contributed by atoms with Crippen molar-refractivity contribution >= 4 is 0 Å². The summed E-state index contributed by atoms with van der Waals surface area (Å²) < 4.78 is 24.8. The number of ether oxygens (including phenoxy) is 4. The molecule has 56 heavy (non-hydrogen) atoms. The number of aliphatic hydroxyl groups excluding tert-OH is 10. The molecule has 0 aromatic rings. The van der Waals surface area contributed by atoms with Crippen molar-refractivity contribution in [2.45, 2.75) is 192 Å². The van der Waals surface area contributed by atoms with Crippen LogP contribution in [0.25, 0.3) is 0 Å². The smallest absolute Gasteiger partial charge is 0.187 e. The lowest BCUT2D eigenvalue weighted by Gasteiger charge is -2.71. The molecular weight excluding hydrogens is 728 g/mol. The average Bonchev–Trinajstić information content (AvgIpc) is 3.53. The van der Waals surface area contributed by atoms with Gasteiger partial charge in [0.2, 0.25) is 0 Å². The van der Waals surface area contributed by atoms with E-state index in [0.717, 1.165) is 25.7 Å². The van der Waals surface area contributed by atoms with E-state index in [9.17, 15) is 51.1 Å². The number of fused-ring (bicyclic) bond motifs is 5. The van der Waals surface area contributed by atoms with Gasteiger partial charge in [-0.15, -0.1) is 0 Å². The lowest BCUT2D eigenvalue weighted by molar-refractivity contribution is -0.338. The molecule has 0 spiro atoms. The molecule has 21 atom stereocenters. The topological polar surface area (TPSA) is 239 Å². The van der Waals surface area contributed by atoms with Crippen molar-refractivity contribution < 1.29 is 70.0 Å². The molecule has 14 heteroatoms. The molecule has 2 aliphatic heterocycles. The molecule has 4 aliphatic carbocycles. The summed E-state index contributed by atoms with van der Waals surface area (Å²) in [6, 6.07) is 0. The van der Waals surface area contributed by atoms with Crippen molar-refractivity contribution in [2.24, 2.45) is 45.3 Å². The van der Waals surface area contributed by atoms with Crippen molar-refractivity contribution in [3.05, 3.63) is 12.2 Å². The largest absolute Gasteiger partial charge is 0.394 e. The summed E-state index contributed by atoms with van der Waals surface area (Å²) in [6.07, 6.45) is -9.84. The van der Waals surface area contributed by atoms with Crippen molar-refractivity contribution in [3.8, 4) is 0 Å². The molecule has 0 amide bonds. The molecule has 0 radical (unpaired) electrons. The molecule has 0 unspecified atom stereocenters. The van der Waals surface area contributed by atoms with Crippen LogP contribution in [0.3, 0.4) is 0 Å². The third-order valence-corrected chi connectivity index (χ3v) is 17.0. The van der Waals surface area contributed by atoms with Gasteiger partial charge >= 0.3 is 0 Å². The van der Waals surface area contributed by atoms with Gasteiger partial charge in [-0.25, -0.2) is 0 Å². The number of rotatable bonds is 11. The van der Waals surface area contributed by atoms with Crippen molar-refractivity contribution in [1.82, 2.24) is 0 Å². The van der Waals surface area contributed by atoms with Gasteiger partial charge < -0.3 is 70.0 Å². The summed E-state index contributed by atoms with van der Waals surface area (Å²) in [5.41, 5.74) is -1.53. The Hall–Kier alpha value is -0.820. The molecule has 6 aliphatic rings. The van der Waals surface area contributed by atoms with E-state index in [0.29, 0.717) is 37.7 Å². The van der Waals surface area contributed by atoms with Crippen molar-refractivity contribution in [3.63, 3.8) is 0 Å². The Morgan fingerprint density at radius 2 is 1.30 bits per heavy atom. The Kier molecular flexibility index (Phi) is 12.7. The first-order chi connectivity index (χ1) is 26.0. The number of aliphatic hydroxyl groups is 10. The first kappa shape index (κ1) is 44.7. The maximum Gasteiger partial charge on any atom is 0.187 e. The van der Waals surface area contributed by atoms with Crippen LogP contribution in [-0.4, -0.2) is 150 Å². The van der Waals surface area contributed by atoms with Crippen LogP contribution in [-0.2, 0) is 18.9 Å². The molecule has 6 rings (SSSR count). The Balaban J connectivity index is 1.27. The molecular formula is C42H72O14. The van der Waals surface area contributed by atoms with E-state index in [1.54, 1.807) is 6.92 Å². The van der Waals surface area contributed by atoms with Gasteiger partial charge in [-0.1, -0.05) is 46.8 Å². The molecule has 0 aromatic heterocycles. The van der Waals surface area contributed by atoms with E-state index in [4.69, 9.17) is 18.9 Å². The van der Waals surface area contributed by atoms with Gasteiger partial charge in [-0.05, 0) is 117 Å². The van der Waals surface area contributed by atoms with Crippen LogP contribution in [0.1, 0.15) is 106 Å². The monoisotopic (exact) mass is 800 g/mol. The van der Waals surface area contributed by atoms with Gasteiger partial charge in [0, 0.05) is 0 Å². The predicted octanol–water partition coefficient (Wildman–Crippen LogP) is 1.12. The molecule has 2 heterocycles. The zero-order chi connectivity index (χ0) is 41.5. The first-order valence-electron chi connectivity index (χ1n) is 21.0. The predicted molar refractivity (Wildman–Crippen MR) is 202 cm³/mol. The highest BCUT2D eigenvalue weighted by atomic mass is 16.7. The standard InChI is InChI=1S/C42H72O14/c1-20(2)22(45)10-16-42(8,56-37-35(52)33(50)31(48)25(19-44)54-37)21-9-14-41(7)29(21)23(46)17-27-39(5)13-12-28(38(3,4)26(39)11-15-40(27,41)6)55-36-34(51)32(49)30(47)24(18-43)53-36/h21-37,43-52H,1,9-19H2,2-8H3/t21-,22+,23+,24+,25+,26+,27+,28-,29-,30+,31+,32-,33-,34+,35+,36-,37-,39-,40+,41+,42-/m0/s1. The fourth-order valence-corrected chi connectivity index (χ4v) is 13.4. The van der Waals surface area contributed by atoms with Crippen LogP contribution in [0.15, 0.2) is 12.2 Å². The summed E-state index contributed by atoms with van der Waals surface area (Å²) in [6.45, 7) is 17.9. The van der Waals surface area contributed by atoms with Crippen molar-refractivity contribution in [1.29, 1.82) is 0 Å². The van der Waals surface area contributed by atoms with E-state index >= 15 is 0 Å². The van der Waals surface area contributed by atoms with E-state index in [2.05, 4.69) is 41.2 Å². The van der Waals surface area contributed by atoms with Gasteiger partial charge in [0.05, 0.1) is 37.1 Å². The lowest BCUT2D eigenvalue weighted by Crippen LogP contribution is -2.67. The Bertz CT molecular complexity index is 1390. The highest BCUT2D eigenvalue weighted by Gasteiger charge is 2.72. The van der Waals surface area contributed by atoms with E-state index < -0.39 is 97.8 Å². The van der Waals surface area contributed by atoms with Crippen LogP contribution in [0, 0.1) is 45.3 Å². The molecule has 2 saturated heterocycles. The Morgan fingerprint density at radius 3 is 1.88 bits per heavy atom. The maximum absolute atomic E-state index is 12.5. The lowest BCUT2D eigenvalue weighted by atomic mass is 9.35. The summed E-state index contributed by atoms with van der Waals surface area (Å²) in [7, 11) is 0. The number of hydrogen-bond donors (Lipinski definition) is 10. The minimum Gasteiger partial charge on any atom is -0.394 e. The quantitative estimate of drug-likeness (QED) is 0.104. The molecule has 6 fully saturated rings. The minimum absolute atomic E-state index is 0.152. The normalized spacial score (nSPS) is 51.9. The molecule has 10 N–H and O–H groups in total. The molecule has 4 saturated carbocycles. The summed E-state index contributed by atoms with van der Waals surface area (Å²) in [4.78, 5) is 0. The van der Waals surface area contributed by atoms with Crippen LogP contribution in [0.5, 0.6) is 0 Å². The SMILES string of the molecule is C=C(C)[C@H](O)CC[C@](C)(O[C@@H]1O[C@H](CO)[C@@H](O)[C@H](O)[C@H]1O)[C@H]1CC[C@]2(C)[C@@H]1[C@H](O)C[C@@H]1[C@@]3(C)CC[C@H](O[C@@H]4O[C@H](CO)[C@@H](O)[C@H](O)[C@H]4O)C(C)(C)[C@H]3CC[C@]12C. The van der Waals surface area contributed by atoms with Crippen molar-refractivity contribution in [2.75, 3.05) is 13.2 Å².